The summed E-state index contributed by atoms with van der Waals surface area (Å²) >= 11 is 0. The summed E-state index contributed by atoms with van der Waals surface area (Å²) in [6.07, 6.45) is 9.56. The molecular weight excluding hydrogens is 254 g/mol. The Kier molecular flexibility index (Phi) is 4.71. The van der Waals surface area contributed by atoms with Gasteiger partial charge in [0.1, 0.15) is 5.69 Å². The van der Waals surface area contributed by atoms with Gasteiger partial charge in [-0.05, 0) is 30.4 Å². The molecule has 2 rings (SSSR count). The fraction of sp³-hybridized carbons (Fsp3) is 0.533. The van der Waals surface area contributed by atoms with Gasteiger partial charge < -0.3 is 11.5 Å². The first-order chi connectivity index (χ1) is 9.61. The van der Waals surface area contributed by atoms with Crippen molar-refractivity contribution in [3.05, 3.63) is 29.1 Å². The number of rotatable bonds is 3. The number of carbonyl (C=O) groups is 2. The highest BCUT2D eigenvalue weighted by Crippen LogP contribution is 2.33. The van der Waals surface area contributed by atoms with Crippen molar-refractivity contribution in [2.45, 2.75) is 50.9 Å². The fourth-order valence-electron chi connectivity index (χ4n) is 3.03. The number of pyridine rings is 1. The van der Waals surface area contributed by atoms with Crippen LogP contribution >= 0.6 is 0 Å². The molecule has 5 nitrogen and oxygen atoms in total. The van der Waals surface area contributed by atoms with E-state index in [0.717, 1.165) is 31.2 Å². The molecule has 1 aliphatic carbocycles. The van der Waals surface area contributed by atoms with Gasteiger partial charge >= 0.3 is 0 Å². The van der Waals surface area contributed by atoms with Crippen LogP contribution in [-0.2, 0) is 0 Å². The van der Waals surface area contributed by atoms with E-state index in [2.05, 4.69) is 4.98 Å². The van der Waals surface area contributed by atoms with Gasteiger partial charge in [0.05, 0.1) is 5.56 Å². The zero-order valence-corrected chi connectivity index (χ0v) is 11.6. The Labute approximate surface area is 118 Å². The highest BCUT2D eigenvalue weighted by Gasteiger charge is 2.24. The van der Waals surface area contributed by atoms with Crippen molar-refractivity contribution >= 4 is 11.8 Å². The quantitative estimate of drug-likeness (QED) is 0.883. The van der Waals surface area contributed by atoms with Crippen LogP contribution in [-0.4, -0.2) is 16.8 Å². The van der Waals surface area contributed by atoms with Gasteiger partial charge in [-0.2, -0.15) is 0 Å². The van der Waals surface area contributed by atoms with Gasteiger partial charge in [-0.15, -0.1) is 0 Å². The maximum absolute atomic E-state index is 11.7. The number of carbonyl (C=O) groups excluding carboxylic acids is 2. The van der Waals surface area contributed by atoms with E-state index in [4.69, 9.17) is 11.5 Å². The van der Waals surface area contributed by atoms with Crippen LogP contribution in [0.4, 0.5) is 0 Å². The molecule has 4 N–H and O–H groups in total. The molecule has 0 unspecified atom stereocenters. The van der Waals surface area contributed by atoms with E-state index in [9.17, 15) is 9.59 Å². The summed E-state index contributed by atoms with van der Waals surface area (Å²) in [4.78, 5) is 27.1. The third-order valence-electron chi connectivity index (χ3n) is 4.01. The molecule has 0 bridgehead atoms. The molecule has 0 aliphatic heterocycles. The van der Waals surface area contributed by atoms with Crippen molar-refractivity contribution in [2.24, 2.45) is 11.5 Å². The van der Waals surface area contributed by atoms with E-state index >= 15 is 0 Å². The molecule has 0 radical (unpaired) electrons. The first-order valence-electron chi connectivity index (χ1n) is 7.19. The molecule has 1 aromatic heterocycles. The van der Waals surface area contributed by atoms with E-state index < -0.39 is 11.8 Å². The average molecular weight is 275 g/mol. The van der Waals surface area contributed by atoms with Crippen molar-refractivity contribution in [3.8, 4) is 0 Å². The van der Waals surface area contributed by atoms with E-state index in [1.807, 2.05) is 0 Å². The van der Waals surface area contributed by atoms with Crippen molar-refractivity contribution in [1.29, 1.82) is 0 Å². The maximum atomic E-state index is 11.7. The summed E-state index contributed by atoms with van der Waals surface area (Å²) in [7, 11) is 0. The number of nitrogens with two attached hydrogens (primary N) is 2. The van der Waals surface area contributed by atoms with Crippen LogP contribution in [0.3, 0.4) is 0 Å². The normalized spacial score (nSPS) is 17.2. The number of aromatic nitrogens is 1. The van der Waals surface area contributed by atoms with Gasteiger partial charge in [0.15, 0.2) is 0 Å². The second kappa shape index (κ2) is 6.50. The van der Waals surface area contributed by atoms with E-state index in [-0.39, 0.29) is 17.2 Å². The molecule has 1 aromatic rings. The SMILES string of the molecule is NC(=O)c1nccc(C2CCCCCCC2)c1C(N)=O. The Morgan fingerprint density at radius 1 is 1.00 bits per heavy atom. The van der Waals surface area contributed by atoms with Crippen LogP contribution in [0.5, 0.6) is 0 Å². The Bertz CT molecular complexity index is 506. The van der Waals surface area contributed by atoms with Crippen molar-refractivity contribution in [3.63, 3.8) is 0 Å². The van der Waals surface area contributed by atoms with Gasteiger partial charge in [0.25, 0.3) is 11.8 Å². The number of nitrogens with zero attached hydrogens (tertiary/aromatic N) is 1. The van der Waals surface area contributed by atoms with E-state index in [1.165, 1.54) is 19.3 Å². The van der Waals surface area contributed by atoms with Crippen LogP contribution in [0.1, 0.15) is 77.3 Å². The van der Waals surface area contributed by atoms with E-state index in [1.54, 1.807) is 12.3 Å². The molecule has 20 heavy (non-hydrogen) atoms. The van der Waals surface area contributed by atoms with Gasteiger partial charge in [0, 0.05) is 6.20 Å². The number of hydrogen-bond acceptors (Lipinski definition) is 3. The molecule has 5 heteroatoms. The summed E-state index contributed by atoms with van der Waals surface area (Å²) in [5, 5.41) is 0. The van der Waals surface area contributed by atoms with Crippen molar-refractivity contribution < 1.29 is 9.59 Å². The van der Waals surface area contributed by atoms with Crippen LogP contribution in [0.25, 0.3) is 0 Å². The molecule has 0 saturated heterocycles. The van der Waals surface area contributed by atoms with Crippen LogP contribution < -0.4 is 11.5 Å². The molecule has 0 aromatic carbocycles. The number of amides is 2. The molecule has 2 amide bonds. The van der Waals surface area contributed by atoms with Crippen LogP contribution in [0.15, 0.2) is 12.3 Å². The Morgan fingerprint density at radius 2 is 1.60 bits per heavy atom. The highest BCUT2D eigenvalue weighted by atomic mass is 16.2. The zero-order valence-electron chi connectivity index (χ0n) is 11.6. The zero-order chi connectivity index (χ0) is 14.5. The van der Waals surface area contributed by atoms with E-state index in [0.29, 0.717) is 0 Å². The maximum Gasteiger partial charge on any atom is 0.268 e. The van der Waals surface area contributed by atoms with Gasteiger partial charge in [0.2, 0.25) is 0 Å². The summed E-state index contributed by atoms with van der Waals surface area (Å²) in [6.45, 7) is 0. The second-order valence-electron chi connectivity index (χ2n) is 5.39. The predicted octanol–water partition coefficient (Wildman–Crippen LogP) is 2.11. The molecule has 1 fully saturated rings. The lowest BCUT2D eigenvalue weighted by molar-refractivity contribution is 0.0962. The van der Waals surface area contributed by atoms with Gasteiger partial charge in [-0.1, -0.05) is 32.1 Å². The lowest BCUT2D eigenvalue weighted by Crippen LogP contribution is -2.25. The smallest absolute Gasteiger partial charge is 0.268 e. The summed E-state index contributed by atoms with van der Waals surface area (Å²) in [5.41, 5.74) is 11.8. The average Bonchev–Trinajstić information content (AvgIpc) is 2.37. The molecule has 108 valence electrons. The number of hydrogen-bond donors (Lipinski definition) is 2. The molecule has 0 atom stereocenters. The third kappa shape index (κ3) is 3.15. The lowest BCUT2D eigenvalue weighted by Gasteiger charge is -2.22. The standard InChI is InChI=1S/C15H21N3O2/c16-14(19)12-11(8-9-18-13(12)15(17)20)10-6-4-2-1-3-5-7-10/h8-10H,1-7H2,(H2,16,19)(H2,17,20). The summed E-state index contributed by atoms with van der Waals surface area (Å²) in [6, 6.07) is 1.80. The highest BCUT2D eigenvalue weighted by molar-refractivity contribution is 6.05. The molecule has 1 saturated carbocycles. The monoisotopic (exact) mass is 275 g/mol. The van der Waals surface area contributed by atoms with Gasteiger partial charge in [-0.3, -0.25) is 14.6 Å². The van der Waals surface area contributed by atoms with Gasteiger partial charge in [-0.25, -0.2) is 0 Å². The molecule has 0 spiro atoms. The topological polar surface area (TPSA) is 99.1 Å². The molecule has 1 heterocycles. The molecule has 1 aliphatic rings. The Morgan fingerprint density at radius 3 is 2.15 bits per heavy atom. The minimum Gasteiger partial charge on any atom is -0.366 e. The van der Waals surface area contributed by atoms with Crippen molar-refractivity contribution in [1.82, 2.24) is 4.98 Å². The fourth-order valence-corrected chi connectivity index (χ4v) is 3.03. The minimum atomic E-state index is -0.702. The largest absolute Gasteiger partial charge is 0.366 e. The predicted molar refractivity (Wildman–Crippen MR) is 76.3 cm³/mol. The molecular formula is C15H21N3O2. The number of primary amides is 2. The minimum absolute atomic E-state index is 0.00272. The lowest BCUT2D eigenvalue weighted by atomic mass is 9.83. The first kappa shape index (κ1) is 14.5. The third-order valence-corrected chi connectivity index (χ3v) is 4.01. The van der Waals surface area contributed by atoms with Crippen LogP contribution in [0, 0.1) is 0 Å². The van der Waals surface area contributed by atoms with Crippen LogP contribution in [0.2, 0.25) is 0 Å². The van der Waals surface area contributed by atoms with Crippen molar-refractivity contribution in [2.75, 3.05) is 0 Å². The Balaban J connectivity index is 2.41. The summed E-state index contributed by atoms with van der Waals surface area (Å²) in [5.74, 6) is -1.06. The summed E-state index contributed by atoms with van der Waals surface area (Å²) < 4.78 is 0. The Hall–Kier alpha value is -1.91. The second-order valence-corrected chi connectivity index (χ2v) is 5.39. The first-order valence-corrected chi connectivity index (χ1v) is 7.19.